The van der Waals surface area contributed by atoms with Gasteiger partial charge in [0.25, 0.3) is 5.69 Å². The van der Waals surface area contributed by atoms with Crippen molar-refractivity contribution in [1.82, 2.24) is 0 Å². The number of amides is 2. The van der Waals surface area contributed by atoms with Crippen molar-refractivity contribution in [3.05, 3.63) is 76.3 Å². The summed E-state index contributed by atoms with van der Waals surface area (Å²) in [5.41, 5.74) is 2.91. The van der Waals surface area contributed by atoms with Crippen molar-refractivity contribution in [2.45, 2.75) is 13.3 Å². The van der Waals surface area contributed by atoms with Gasteiger partial charge in [-0.3, -0.25) is 19.7 Å². The van der Waals surface area contributed by atoms with Gasteiger partial charge in [-0.05, 0) is 31.2 Å². The molecule has 0 bridgehead atoms. The Morgan fingerprint density at radius 1 is 1.09 bits per heavy atom. The number of nitrogens with zero attached hydrogens (tertiary/aromatic N) is 2. The molecule has 1 aliphatic rings. The van der Waals surface area contributed by atoms with Gasteiger partial charge in [-0.1, -0.05) is 24.3 Å². The zero-order valence-corrected chi connectivity index (χ0v) is 17.2. The van der Waals surface area contributed by atoms with Crippen molar-refractivity contribution in [1.29, 1.82) is 0 Å². The Hall–Kier alpha value is -4.20. The van der Waals surface area contributed by atoms with Crippen LogP contribution in [0.3, 0.4) is 0 Å². The smallest absolute Gasteiger partial charge is 0.274 e. The summed E-state index contributed by atoms with van der Waals surface area (Å²) < 4.78 is 5.86. The lowest BCUT2D eigenvalue weighted by molar-refractivity contribution is -0.385. The number of nitrogens with one attached hydrogen (secondary N) is 1. The van der Waals surface area contributed by atoms with Gasteiger partial charge >= 0.3 is 0 Å². The molecule has 32 heavy (non-hydrogen) atoms. The molecule has 1 aliphatic heterocycles. The standard InChI is InChI=1S/C24H19N3O5/c1-14-6-8-17(12-20(14)27(30)31)26-13-15(10-23(26)28)24(29)25-16-7-9-19-18-4-2-3-5-21(18)32-22(19)11-16/h2-9,11-12,15H,10,13H2,1H3,(H,25,29)/t15-/m1/s1. The lowest BCUT2D eigenvalue weighted by Gasteiger charge is -2.17. The highest BCUT2D eigenvalue weighted by Crippen LogP contribution is 2.32. The lowest BCUT2D eigenvalue weighted by Crippen LogP contribution is -2.28. The Labute approximate surface area is 182 Å². The van der Waals surface area contributed by atoms with Gasteiger partial charge < -0.3 is 14.6 Å². The average Bonchev–Trinajstić information content (AvgIpc) is 3.34. The maximum absolute atomic E-state index is 12.8. The highest BCUT2D eigenvalue weighted by molar-refractivity contribution is 6.07. The first-order valence-electron chi connectivity index (χ1n) is 10.2. The molecule has 0 spiro atoms. The SMILES string of the molecule is Cc1ccc(N2C[C@H](C(=O)Nc3ccc4c(c3)oc3ccccc34)CC2=O)cc1[N+](=O)[O-]. The van der Waals surface area contributed by atoms with E-state index in [-0.39, 0.29) is 30.5 Å². The van der Waals surface area contributed by atoms with E-state index in [1.54, 1.807) is 31.2 Å². The number of aryl methyl sites for hydroxylation is 1. The number of carbonyl (C=O) groups excluding carboxylic acids is 2. The highest BCUT2D eigenvalue weighted by Gasteiger charge is 2.35. The number of carbonyl (C=O) groups is 2. The molecule has 0 radical (unpaired) electrons. The predicted molar refractivity (Wildman–Crippen MR) is 121 cm³/mol. The van der Waals surface area contributed by atoms with Crippen LogP contribution in [-0.4, -0.2) is 23.3 Å². The van der Waals surface area contributed by atoms with E-state index in [1.165, 1.54) is 11.0 Å². The van der Waals surface area contributed by atoms with Gasteiger partial charge in [0.15, 0.2) is 0 Å². The molecular formula is C24H19N3O5. The number of benzene rings is 3. The second-order valence-electron chi connectivity index (χ2n) is 7.93. The van der Waals surface area contributed by atoms with Crippen molar-refractivity contribution in [2.75, 3.05) is 16.8 Å². The highest BCUT2D eigenvalue weighted by atomic mass is 16.6. The summed E-state index contributed by atoms with van der Waals surface area (Å²) in [4.78, 5) is 37.6. The first-order valence-corrected chi connectivity index (χ1v) is 10.2. The zero-order chi connectivity index (χ0) is 22.4. The van der Waals surface area contributed by atoms with Crippen LogP contribution in [0.1, 0.15) is 12.0 Å². The van der Waals surface area contributed by atoms with E-state index in [0.29, 0.717) is 22.5 Å². The molecule has 0 unspecified atom stereocenters. The normalized spacial score (nSPS) is 16.1. The van der Waals surface area contributed by atoms with E-state index in [1.807, 2.05) is 30.3 Å². The molecule has 8 heteroatoms. The Morgan fingerprint density at radius 2 is 1.88 bits per heavy atom. The number of para-hydroxylation sites is 1. The van der Waals surface area contributed by atoms with E-state index >= 15 is 0 Å². The molecule has 160 valence electrons. The third-order valence-electron chi connectivity index (χ3n) is 5.84. The summed E-state index contributed by atoms with van der Waals surface area (Å²) in [6.45, 7) is 1.81. The van der Waals surface area contributed by atoms with Gasteiger partial charge in [0.05, 0.1) is 16.5 Å². The third kappa shape index (κ3) is 3.35. The van der Waals surface area contributed by atoms with Gasteiger partial charge in [0.1, 0.15) is 11.2 Å². The van der Waals surface area contributed by atoms with E-state index in [9.17, 15) is 19.7 Å². The van der Waals surface area contributed by atoms with Crippen LogP contribution in [0.15, 0.2) is 65.1 Å². The largest absolute Gasteiger partial charge is 0.456 e. The molecule has 0 aliphatic carbocycles. The zero-order valence-electron chi connectivity index (χ0n) is 17.2. The quantitative estimate of drug-likeness (QED) is 0.371. The third-order valence-corrected chi connectivity index (χ3v) is 5.84. The minimum atomic E-state index is -0.561. The second kappa shape index (κ2) is 7.49. The van der Waals surface area contributed by atoms with Crippen LogP contribution in [0, 0.1) is 23.0 Å². The van der Waals surface area contributed by atoms with Crippen molar-refractivity contribution < 1.29 is 18.9 Å². The van der Waals surface area contributed by atoms with Crippen LogP contribution in [0.5, 0.6) is 0 Å². The molecule has 4 aromatic rings. The molecule has 2 amide bonds. The predicted octanol–water partition coefficient (Wildman–Crippen LogP) is 4.79. The van der Waals surface area contributed by atoms with Crippen LogP contribution >= 0.6 is 0 Å². The van der Waals surface area contributed by atoms with Crippen molar-refractivity contribution in [3.8, 4) is 0 Å². The molecule has 5 rings (SSSR count). The second-order valence-corrected chi connectivity index (χ2v) is 7.93. The number of hydrogen-bond donors (Lipinski definition) is 1. The number of nitro benzene ring substituents is 1. The van der Waals surface area contributed by atoms with Gasteiger partial charge in [-0.25, -0.2) is 0 Å². The fourth-order valence-electron chi connectivity index (χ4n) is 4.14. The van der Waals surface area contributed by atoms with E-state index < -0.39 is 10.8 Å². The Bertz CT molecular complexity index is 1410. The van der Waals surface area contributed by atoms with Crippen LogP contribution < -0.4 is 10.2 Å². The molecule has 8 nitrogen and oxygen atoms in total. The molecule has 1 saturated heterocycles. The van der Waals surface area contributed by atoms with Crippen molar-refractivity contribution in [2.24, 2.45) is 5.92 Å². The molecule has 1 N–H and O–H groups in total. The average molecular weight is 429 g/mol. The number of hydrogen-bond acceptors (Lipinski definition) is 5. The first kappa shape index (κ1) is 19.7. The van der Waals surface area contributed by atoms with Crippen molar-refractivity contribution in [3.63, 3.8) is 0 Å². The number of nitro groups is 1. The van der Waals surface area contributed by atoms with Gasteiger partial charge in [0, 0.05) is 47.1 Å². The molecule has 1 fully saturated rings. The van der Waals surface area contributed by atoms with E-state index in [2.05, 4.69) is 5.32 Å². The van der Waals surface area contributed by atoms with Gasteiger partial charge in [0.2, 0.25) is 11.8 Å². The monoisotopic (exact) mass is 429 g/mol. The Kier molecular flexibility index (Phi) is 4.62. The summed E-state index contributed by atoms with van der Waals surface area (Å²) in [7, 11) is 0. The Balaban J connectivity index is 1.34. The molecule has 1 atom stereocenters. The fraction of sp³-hybridized carbons (Fsp3) is 0.167. The number of rotatable bonds is 4. The minimum absolute atomic E-state index is 0.0421. The summed E-state index contributed by atoms with van der Waals surface area (Å²) in [5.74, 6) is -1.08. The summed E-state index contributed by atoms with van der Waals surface area (Å²) in [5, 5.41) is 16.1. The summed E-state index contributed by atoms with van der Waals surface area (Å²) in [6.07, 6.45) is 0.0421. The van der Waals surface area contributed by atoms with Gasteiger partial charge in [-0.15, -0.1) is 0 Å². The lowest BCUT2D eigenvalue weighted by atomic mass is 10.1. The summed E-state index contributed by atoms with van der Waals surface area (Å²) >= 11 is 0. The molecular weight excluding hydrogens is 410 g/mol. The number of furan rings is 1. The first-order chi connectivity index (χ1) is 15.4. The summed E-state index contributed by atoms with van der Waals surface area (Å²) in [6, 6.07) is 17.8. The molecule has 1 aromatic heterocycles. The van der Waals surface area contributed by atoms with E-state index in [4.69, 9.17) is 4.42 Å². The Morgan fingerprint density at radius 3 is 2.69 bits per heavy atom. The maximum atomic E-state index is 12.8. The minimum Gasteiger partial charge on any atom is -0.456 e. The maximum Gasteiger partial charge on any atom is 0.274 e. The number of fused-ring (bicyclic) bond motifs is 3. The number of anilines is 2. The van der Waals surface area contributed by atoms with Crippen LogP contribution in [0.2, 0.25) is 0 Å². The molecule has 0 saturated carbocycles. The fourth-order valence-corrected chi connectivity index (χ4v) is 4.14. The molecule has 2 heterocycles. The van der Waals surface area contributed by atoms with Crippen LogP contribution in [0.4, 0.5) is 17.1 Å². The van der Waals surface area contributed by atoms with Crippen LogP contribution in [-0.2, 0) is 9.59 Å². The topological polar surface area (TPSA) is 106 Å². The van der Waals surface area contributed by atoms with E-state index in [0.717, 1.165) is 16.4 Å². The van der Waals surface area contributed by atoms with Gasteiger partial charge in [-0.2, -0.15) is 0 Å². The molecule has 3 aromatic carbocycles. The van der Waals surface area contributed by atoms with Crippen LogP contribution in [0.25, 0.3) is 21.9 Å². The van der Waals surface area contributed by atoms with Crippen molar-refractivity contribution >= 4 is 50.8 Å².